The highest BCUT2D eigenvalue weighted by molar-refractivity contribution is 6.07. The summed E-state index contributed by atoms with van der Waals surface area (Å²) >= 11 is 0. The van der Waals surface area contributed by atoms with Crippen LogP contribution in [0, 0.1) is 0 Å². The maximum absolute atomic E-state index is 12.2. The second-order valence-corrected chi connectivity index (χ2v) is 9.08. The minimum absolute atomic E-state index is 0.115. The van der Waals surface area contributed by atoms with Gasteiger partial charge in [-0.25, -0.2) is 10.2 Å². The van der Waals surface area contributed by atoms with E-state index in [1.807, 2.05) is 37.8 Å². The number of fused-ring (bicyclic) bond motifs is 3. The third-order valence-electron chi connectivity index (χ3n) is 5.08. The van der Waals surface area contributed by atoms with Crippen molar-refractivity contribution in [2.45, 2.75) is 52.2 Å². The molecule has 2 amide bonds. The summed E-state index contributed by atoms with van der Waals surface area (Å²) in [4.78, 5) is 27.5. The zero-order chi connectivity index (χ0) is 21.6. The van der Waals surface area contributed by atoms with E-state index in [2.05, 4.69) is 24.4 Å². The number of nitrogens with zero attached hydrogens (tertiary/aromatic N) is 3. The summed E-state index contributed by atoms with van der Waals surface area (Å²) in [5.74, 6) is 2.15. The molecule has 1 fully saturated rings. The molecular formula is C21H28N4O5. The topological polar surface area (TPSA) is 92.7 Å². The Kier molecular flexibility index (Phi) is 4.99. The predicted molar refractivity (Wildman–Crippen MR) is 111 cm³/mol. The highest BCUT2D eigenvalue weighted by Crippen LogP contribution is 2.41. The number of benzene rings is 1. The molecule has 0 aliphatic carbocycles. The van der Waals surface area contributed by atoms with E-state index in [1.54, 1.807) is 4.90 Å². The maximum Gasteiger partial charge on any atom is 0.410 e. The average molecular weight is 416 g/mol. The van der Waals surface area contributed by atoms with E-state index in [4.69, 9.17) is 14.2 Å². The second kappa shape index (κ2) is 7.37. The molecular weight excluding hydrogens is 388 g/mol. The number of hydrogen-bond acceptors (Lipinski definition) is 7. The molecule has 9 nitrogen and oxygen atoms in total. The van der Waals surface area contributed by atoms with Crippen LogP contribution >= 0.6 is 0 Å². The van der Waals surface area contributed by atoms with E-state index in [0.29, 0.717) is 31.3 Å². The fourth-order valence-electron chi connectivity index (χ4n) is 3.55. The minimum atomic E-state index is -0.522. The first-order chi connectivity index (χ1) is 14.1. The van der Waals surface area contributed by atoms with Gasteiger partial charge >= 0.3 is 6.09 Å². The number of ether oxygens (including phenoxy) is 3. The van der Waals surface area contributed by atoms with Gasteiger partial charge in [0.2, 0.25) is 0 Å². The molecule has 0 aromatic heterocycles. The maximum atomic E-state index is 12.2. The molecule has 4 rings (SSSR count). The molecule has 0 saturated carbocycles. The molecule has 3 aliphatic heterocycles. The summed E-state index contributed by atoms with van der Waals surface area (Å²) in [5, 5.41) is 4.08. The van der Waals surface area contributed by atoms with Crippen LogP contribution < -0.4 is 19.8 Å². The van der Waals surface area contributed by atoms with Gasteiger partial charge in [0.05, 0.1) is 18.8 Å². The zero-order valence-corrected chi connectivity index (χ0v) is 18.0. The van der Waals surface area contributed by atoms with Crippen molar-refractivity contribution in [3.05, 3.63) is 17.7 Å². The van der Waals surface area contributed by atoms with E-state index in [-0.39, 0.29) is 30.6 Å². The lowest BCUT2D eigenvalue weighted by Crippen LogP contribution is -2.57. The van der Waals surface area contributed by atoms with Crippen LogP contribution in [0.3, 0.4) is 0 Å². The van der Waals surface area contributed by atoms with Crippen LogP contribution in [0.1, 0.15) is 46.1 Å². The first-order valence-electron chi connectivity index (χ1n) is 10.2. The highest BCUT2D eigenvalue weighted by Gasteiger charge is 2.36. The Morgan fingerprint density at radius 3 is 2.70 bits per heavy atom. The number of carbonyl (C=O) groups excluding carboxylic acids is 2. The molecule has 3 aliphatic rings. The van der Waals surface area contributed by atoms with Crippen LogP contribution in [0.25, 0.3) is 0 Å². The Hall–Kier alpha value is -2.97. The number of nitrogens with one attached hydrogen (secondary N) is 1. The van der Waals surface area contributed by atoms with E-state index in [9.17, 15) is 9.59 Å². The summed E-state index contributed by atoms with van der Waals surface area (Å²) in [6, 6.07) is 3.89. The van der Waals surface area contributed by atoms with Crippen LogP contribution in [0.2, 0.25) is 0 Å². The van der Waals surface area contributed by atoms with Gasteiger partial charge in [0.15, 0.2) is 5.84 Å². The van der Waals surface area contributed by atoms with Gasteiger partial charge in [0.1, 0.15) is 36.4 Å². The predicted octanol–water partition coefficient (Wildman–Crippen LogP) is 2.45. The van der Waals surface area contributed by atoms with Crippen molar-refractivity contribution in [2.75, 3.05) is 31.1 Å². The van der Waals surface area contributed by atoms with Gasteiger partial charge in [-0.1, -0.05) is 13.8 Å². The second-order valence-electron chi connectivity index (χ2n) is 9.08. The van der Waals surface area contributed by atoms with E-state index < -0.39 is 5.60 Å². The number of amides is 2. The average Bonchev–Trinajstić information content (AvgIpc) is 2.61. The number of amidine groups is 1. The van der Waals surface area contributed by atoms with E-state index >= 15 is 0 Å². The molecule has 3 heterocycles. The number of rotatable bonds is 3. The van der Waals surface area contributed by atoms with Crippen molar-refractivity contribution >= 4 is 23.5 Å². The van der Waals surface area contributed by atoms with Gasteiger partial charge in [-0.3, -0.25) is 4.79 Å². The molecule has 9 heteroatoms. The Labute approximate surface area is 175 Å². The van der Waals surface area contributed by atoms with Crippen molar-refractivity contribution in [2.24, 2.45) is 5.10 Å². The van der Waals surface area contributed by atoms with Crippen molar-refractivity contribution in [1.29, 1.82) is 0 Å². The van der Waals surface area contributed by atoms with Crippen molar-refractivity contribution in [1.82, 2.24) is 10.3 Å². The van der Waals surface area contributed by atoms with Gasteiger partial charge in [0.25, 0.3) is 5.91 Å². The van der Waals surface area contributed by atoms with E-state index in [0.717, 1.165) is 17.0 Å². The number of carbonyl (C=O) groups is 2. The molecule has 1 N–H and O–H groups in total. The monoisotopic (exact) mass is 416 g/mol. The Morgan fingerprint density at radius 2 is 2.03 bits per heavy atom. The SMILES string of the molecule is CC(C)c1cc2c(cc1OC1CN(C(=O)OC(C)(C)C)C1)N1CC(=O)NN=C1CO2. The number of hydrogen-bond donors (Lipinski definition) is 1. The first kappa shape index (κ1) is 20.3. The number of anilines is 1. The number of hydrazone groups is 1. The Bertz CT molecular complexity index is 899. The van der Waals surface area contributed by atoms with Crippen molar-refractivity contribution in [3.8, 4) is 11.5 Å². The first-order valence-corrected chi connectivity index (χ1v) is 10.2. The molecule has 30 heavy (non-hydrogen) atoms. The lowest BCUT2D eigenvalue weighted by atomic mass is 9.99. The highest BCUT2D eigenvalue weighted by atomic mass is 16.6. The Balaban J connectivity index is 1.52. The number of likely N-dealkylation sites (tertiary alicyclic amines) is 1. The van der Waals surface area contributed by atoms with Gasteiger partial charge in [-0.15, -0.1) is 0 Å². The van der Waals surface area contributed by atoms with Gasteiger partial charge in [0, 0.05) is 11.6 Å². The lowest BCUT2D eigenvalue weighted by molar-refractivity contribution is -0.119. The molecule has 0 spiro atoms. The normalized spacial score (nSPS) is 18.6. The summed E-state index contributed by atoms with van der Waals surface area (Å²) in [7, 11) is 0. The molecule has 0 radical (unpaired) electrons. The summed E-state index contributed by atoms with van der Waals surface area (Å²) < 4.78 is 17.5. The van der Waals surface area contributed by atoms with Crippen LogP contribution in [-0.4, -0.2) is 60.7 Å². The summed E-state index contributed by atoms with van der Waals surface area (Å²) in [6.07, 6.45) is -0.444. The quantitative estimate of drug-likeness (QED) is 0.814. The third kappa shape index (κ3) is 4.01. The van der Waals surface area contributed by atoms with Crippen LogP contribution in [0.5, 0.6) is 11.5 Å². The standard InChI is InChI=1S/C21H28N4O5/c1-12(2)14-6-17-15(25-10-19(26)23-22-18(25)11-28-17)7-16(14)29-13-8-24(9-13)20(27)30-21(3,4)5/h6-7,12-13H,8-11H2,1-5H3,(H,23,26). The fraction of sp³-hybridized carbons (Fsp3) is 0.571. The zero-order valence-electron chi connectivity index (χ0n) is 18.0. The smallest absolute Gasteiger partial charge is 0.410 e. The lowest BCUT2D eigenvalue weighted by Gasteiger charge is -2.40. The molecule has 1 aromatic carbocycles. The van der Waals surface area contributed by atoms with Crippen LogP contribution in [0.4, 0.5) is 10.5 Å². The minimum Gasteiger partial charge on any atom is -0.486 e. The molecule has 0 unspecified atom stereocenters. The summed E-state index contributed by atoms with van der Waals surface area (Å²) in [5.41, 5.74) is 3.74. The van der Waals surface area contributed by atoms with Gasteiger partial charge < -0.3 is 24.0 Å². The Morgan fingerprint density at radius 1 is 1.30 bits per heavy atom. The van der Waals surface area contributed by atoms with E-state index in [1.165, 1.54) is 0 Å². The molecule has 1 saturated heterocycles. The van der Waals surface area contributed by atoms with Crippen molar-refractivity contribution in [3.63, 3.8) is 0 Å². The molecule has 0 bridgehead atoms. The van der Waals surface area contributed by atoms with Gasteiger partial charge in [-0.05, 0) is 32.8 Å². The molecule has 1 aromatic rings. The van der Waals surface area contributed by atoms with Crippen molar-refractivity contribution < 1.29 is 23.8 Å². The fourth-order valence-corrected chi connectivity index (χ4v) is 3.55. The van der Waals surface area contributed by atoms with Crippen LogP contribution in [0.15, 0.2) is 17.2 Å². The van der Waals surface area contributed by atoms with Crippen LogP contribution in [-0.2, 0) is 9.53 Å². The summed E-state index contributed by atoms with van der Waals surface area (Å²) in [6.45, 7) is 11.2. The molecule has 0 atom stereocenters. The third-order valence-corrected chi connectivity index (χ3v) is 5.08. The molecule has 162 valence electrons. The van der Waals surface area contributed by atoms with Gasteiger partial charge in [-0.2, -0.15) is 5.10 Å². The largest absolute Gasteiger partial charge is 0.486 e.